The highest BCUT2D eigenvalue weighted by Gasteiger charge is 2.76. The number of benzene rings is 1. The van der Waals surface area contributed by atoms with Gasteiger partial charge in [0, 0.05) is 11.5 Å². The molecule has 9 heteroatoms. The molecule has 3 saturated carbocycles. The molecule has 0 radical (unpaired) electrons. The number of ether oxygens (including phenoxy) is 4. The van der Waals surface area contributed by atoms with Crippen molar-refractivity contribution in [2.45, 2.75) is 69.9 Å². The SMILES string of the molecule is C[C@]12Cc3cnn(-c4ccc(F)cc4F)c3C=C1CC[C@@H]1[C@@H]2[C@@H](O)C[C@@]2(C)[C@H]1CC[C@@]21OCO[C@@]12COCO2. The van der Waals surface area contributed by atoms with Crippen molar-refractivity contribution in [3.8, 4) is 5.69 Å². The van der Waals surface area contributed by atoms with E-state index < -0.39 is 29.1 Å². The average molecular weight is 541 g/mol. The molecular formula is C30H34F2N2O5. The minimum Gasteiger partial charge on any atom is -0.393 e. The zero-order chi connectivity index (χ0) is 26.8. The van der Waals surface area contributed by atoms with Crippen LogP contribution < -0.4 is 0 Å². The van der Waals surface area contributed by atoms with Gasteiger partial charge >= 0.3 is 0 Å². The van der Waals surface area contributed by atoms with Crippen LogP contribution in [0.4, 0.5) is 8.78 Å². The van der Waals surface area contributed by atoms with Crippen molar-refractivity contribution in [2.24, 2.45) is 28.6 Å². The lowest BCUT2D eigenvalue weighted by Crippen LogP contribution is -2.66. The summed E-state index contributed by atoms with van der Waals surface area (Å²) in [6, 6.07) is 3.58. The molecule has 2 saturated heterocycles. The summed E-state index contributed by atoms with van der Waals surface area (Å²) in [5, 5.41) is 16.5. The molecule has 0 bridgehead atoms. The van der Waals surface area contributed by atoms with Crippen molar-refractivity contribution in [2.75, 3.05) is 20.2 Å². The molecule has 2 aromatic rings. The summed E-state index contributed by atoms with van der Waals surface area (Å²) in [4.78, 5) is 0. The van der Waals surface area contributed by atoms with Crippen molar-refractivity contribution in [3.63, 3.8) is 0 Å². The number of nitrogens with zero attached hydrogens (tertiary/aromatic N) is 2. The highest BCUT2D eigenvalue weighted by molar-refractivity contribution is 5.61. The van der Waals surface area contributed by atoms with Crippen molar-refractivity contribution in [1.29, 1.82) is 0 Å². The van der Waals surface area contributed by atoms with Gasteiger partial charge < -0.3 is 24.1 Å². The maximum atomic E-state index is 14.7. The molecule has 2 spiro atoms. The molecule has 2 aliphatic heterocycles. The van der Waals surface area contributed by atoms with Gasteiger partial charge in [-0.2, -0.15) is 5.10 Å². The fraction of sp³-hybridized carbons (Fsp3) is 0.633. The summed E-state index contributed by atoms with van der Waals surface area (Å²) < 4.78 is 54.1. The quantitative estimate of drug-likeness (QED) is 0.563. The van der Waals surface area contributed by atoms with E-state index >= 15 is 0 Å². The second-order valence-electron chi connectivity index (χ2n) is 13.0. The van der Waals surface area contributed by atoms with Crippen LogP contribution in [-0.2, 0) is 25.4 Å². The Hall–Kier alpha value is -2.17. The van der Waals surface area contributed by atoms with Gasteiger partial charge in [-0.1, -0.05) is 19.4 Å². The lowest BCUT2D eigenvalue weighted by atomic mass is 9.45. The van der Waals surface area contributed by atoms with E-state index in [2.05, 4.69) is 25.0 Å². The topological polar surface area (TPSA) is 75.0 Å². The molecule has 1 aromatic carbocycles. The fourth-order valence-electron chi connectivity index (χ4n) is 10.0. The van der Waals surface area contributed by atoms with Gasteiger partial charge in [-0.25, -0.2) is 13.5 Å². The van der Waals surface area contributed by atoms with Crippen molar-refractivity contribution in [3.05, 3.63) is 52.9 Å². The predicted molar refractivity (Wildman–Crippen MR) is 135 cm³/mol. The first-order valence-electron chi connectivity index (χ1n) is 14.1. The number of allylic oxidation sites excluding steroid dienone is 1. The van der Waals surface area contributed by atoms with Crippen molar-refractivity contribution < 1.29 is 32.8 Å². The molecule has 3 heterocycles. The largest absolute Gasteiger partial charge is 0.393 e. The van der Waals surface area contributed by atoms with Crippen LogP contribution in [0.1, 0.15) is 57.2 Å². The Bertz CT molecular complexity index is 1380. The van der Waals surface area contributed by atoms with Gasteiger partial charge in [-0.3, -0.25) is 0 Å². The normalized spacial score (nSPS) is 44.3. The maximum Gasteiger partial charge on any atom is 0.226 e. The predicted octanol–water partition coefficient (Wildman–Crippen LogP) is 4.75. The van der Waals surface area contributed by atoms with Crippen LogP contribution in [0.25, 0.3) is 11.8 Å². The van der Waals surface area contributed by atoms with Crippen LogP contribution in [0.3, 0.4) is 0 Å². The third-order valence-electron chi connectivity index (χ3n) is 11.6. The van der Waals surface area contributed by atoms with Crippen LogP contribution in [0.2, 0.25) is 0 Å². The van der Waals surface area contributed by atoms with E-state index in [4.69, 9.17) is 18.9 Å². The first kappa shape index (κ1) is 24.6. The Morgan fingerprint density at radius 1 is 1.10 bits per heavy atom. The third-order valence-corrected chi connectivity index (χ3v) is 11.6. The molecule has 208 valence electrons. The van der Waals surface area contributed by atoms with E-state index in [1.807, 2.05) is 0 Å². The van der Waals surface area contributed by atoms with Crippen LogP contribution in [0.15, 0.2) is 30.0 Å². The maximum absolute atomic E-state index is 14.7. The van der Waals surface area contributed by atoms with Gasteiger partial charge in [-0.05, 0) is 85.5 Å². The van der Waals surface area contributed by atoms with Gasteiger partial charge in [0.2, 0.25) is 5.79 Å². The van der Waals surface area contributed by atoms with Gasteiger partial charge in [0.1, 0.15) is 23.7 Å². The monoisotopic (exact) mass is 540 g/mol. The Labute approximate surface area is 226 Å². The Morgan fingerprint density at radius 3 is 2.74 bits per heavy atom. The minimum atomic E-state index is -0.906. The van der Waals surface area contributed by atoms with Crippen molar-refractivity contribution in [1.82, 2.24) is 9.78 Å². The van der Waals surface area contributed by atoms with Gasteiger partial charge in [0.25, 0.3) is 0 Å². The highest BCUT2D eigenvalue weighted by atomic mass is 19.1. The van der Waals surface area contributed by atoms with E-state index in [-0.39, 0.29) is 36.0 Å². The molecule has 7 nitrogen and oxygen atoms in total. The van der Waals surface area contributed by atoms with Crippen LogP contribution in [-0.4, -0.2) is 52.6 Å². The molecule has 0 amide bonds. The third kappa shape index (κ3) is 2.95. The van der Waals surface area contributed by atoms with Crippen LogP contribution in [0.5, 0.6) is 0 Å². The second-order valence-corrected chi connectivity index (χ2v) is 13.0. The molecule has 4 aliphatic carbocycles. The molecule has 8 atom stereocenters. The number of aliphatic hydroxyl groups is 1. The molecule has 5 fully saturated rings. The lowest BCUT2D eigenvalue weighted by Gasteiger charge is -2.61. The smallest absolute Gasteiger partial charge is 0.226 e. The van der Waals surface area contributed by atoms with E-state index in [0.29, 0.717) is 24.9 Å². The number of fused-ring (bicyclic) bond motifs is 8. The van der Waals surface area contributed by atoms with Gasteiger partial charge in [0.05, 0.1) is 18.0 Å². The van der Waals surface area contributed by atoms with Crippen molar-refractivity contribution >= 4 is 6.08 Å². The van der Waals surface area contributed by atoms with E-state index in [9.17, 15) is 13.9 Å². The number of rotatable bonds is 1. The molecular weight excluding hydrogens is 506 g/mol. The lowest BCUT2D eigenvalue weighted by molar-refractivity contribution is -0.257. The van der Waals surface area contributed by atoms with E-state index in [1.54, 1.807) is 10.9 Å². The molecule has 0 unspecified atom stereocenters. The minimum absolute atomic E-state index is 0.0869. The Morgan fingerprint density at radius 2 is 1.95 bits per heavy atom. The first-order valence-corrected chi connectivity index (χ1v) is 14.1. The number of aromatic nitrogens is 2. The van der Waals surface area contributed by atoms with E-state index in [1.165, 1.54) is 17.7 Å². The molecule has 1 N–H and O–H groups in total. The number of hydrogen-bond donors (Lipinski definition) is 1. The van der Waals surface area contributed by atoms with Gasteiger partial charge in [0.15, 0.2) is 19.4 Å². The summed E-state index contributed by atoms with van der Waals surface area (Å²) in [6.45, 7) is 5.30. The first-order chi connectivity index (χ1) is 18.7. The van der Waals surface area contributed by atoms with Crippen LogP contribution in [0, 0.1) is 40.2 Å². The van der Waals surface area contributed by atoms with Crippen LogP contribution >= 0.6 is 0 Å². The summed E-state index contributed by atoms with van der Waals surface area (Å²) >= 11 is 0. The molecule has 39 heavy (non-hydrogen) atoms. The van der Waals surface area contributed by atoms with E-state index in [0.717, 1.165) is 49.4 Å². The molecule has 1 aromatic heterocycles. The zero-order valence-corrected chi connectivity index (χ0v) is 22.3. The number of halogens is 2. The number of aliphatic hydroxyl groups excluding tert-OH is 1. The molecule has 6 aliphatic rings. The highest BCUT2D eigenvalue weighted by Crippen LogP contribution is 2.71. The summed E-state index contributed by atoms with van der Waals surface area (Å²) in [6.07, 6.45) is 8.47. The standard InChI is InChI=1S/C30H34F2N2O5/c1-27-11-17-13-33-34(23-6-4-19(31)10-22(23)32)24(17)9-18(27)3-5-20-21-7-8-29(28(21,2)12-25(35)26(20)27)30(39-16-37-29)14-36-15-38-30/h4,6,9-10,13,20-21,25-26,35H,3,5,7-8,11-12,14-16H2,1-2H3/t20-,21-,25-,26+,27-,28-,29+,30-/m0/s1. The Balaban J connectivity index is 1.16. The Kier molecular flexibility index (Phi) is 5.03. The zero-order valence-electron chi connectivity index (χ0n) is 22.3. The summed E-state index contributed by atoms with van der Waals surface area (Å²) in [5.74, 6) is -1.37. The fourth-order valence-corrected chi connectivity index (χ4v) is 10.0. The molecule has 8 rings (SSSR count). The summed E-state index contributed by atoms with van der Waals surface area (Å²) in [7, 11) is 0. The average Bonchev–Trinajstić information content (AvgIpc) is 3.66. The second kappa shape index (κ2) is 7.97. The van der Waals surface area contributed by atoms with Gasteiger partial charge in [-0.15, -0.1) is 0 Å². The summed E-state index contributed by atoms with van der Waals surface area (Å²) in [5.41, 5.74) is 2.21. The number of hydrogen-bond acceptors (Lipinski definition) is 6.